The fraction of sp³-hybridized carbons (Fsp3) is 0.188. The van der Waals surface area contributed by atoms with Crippen molar-refractivity contribution in [3.05, 3.63) is 64.7 Å². The number of carbonyl (C=O) groups excluding carboxylic acids is 1. The van der Waals surface area contributed by atoms with Gasteiger partial charge in [0.2, 0.25) is 0 Å². The van der Waals surface area contributed by atoms with Gasteiger partial charge in [-0.1, -0.05) is 48.0 Å². The molecule has 0 aliphatic carbocycles. The van der Waals surface area contributed by atoms with Crippen LogP contribution in [0.15, 0.2) is 48.5 Å². The summed E-state index contributed by atoms with van der Waals surface area (Å²) in [6.07, 6.45) is 0. The van der Waals surface area contributed by atoms with E-state index in [-0.39, 0.29) is 12.5 Å². The summed E-state index contributed by atoms with van der Waals surface area (Å²) in [6, 6.07) is 15.1. The van der Waals surface area contributed by atoms with Gasteiger partial charge in [0, 0.05) is 11.6 Å². The summed E-state index contributed by atoms with van der Waals surface area (Å²) in [5.41, 5.74) is 2.00. The van der Waals surface area contributed by atoms with E-state index < -0.39 is 0 Å². The monoisotopic (exact) mass is 289 g/mol. The predicted molar refractivity (Wildman–Crippen MR) is 80.0 cm³/mol. The molecule has 0 aromatic heterocycles. The van der Waals surface area contributed by atoms with Gasteiger partial charge in [0.25, 0.3) is 5.91 Å². The highest BCUT2D eigenvalue weighted by atomic mass is 35.5. The first-order chi connectivity index (χ1) is 9.65. The molecule has 0 bridgehead atoms. The molecule has 3 nitrogen and oxygen atoms in total. The lowest BCUT2D eigenvalue weighted by atomic mass is 10.2. The van der Waals surface area contributed by atoms with Crippen molar-refractivity contribution in [2.24, 2.45) is 0 Å². The topological polar surface area (TPSA) is 38.3 Å². The van der Waals surface area contributed by atoms with Gasteiger partial charge < -0.3 is 10.1 Å². The molecule has 2 rings (SSSR count). The number of ether oxygens (including phenoxy) is 1. The number of aryl methyl sites for hydroxylation is 1. The van der Waals surface area contributed by atoms with Crippen molar-refractivity contribution in [1.82, 2.24) is 5.32 Å². The summed E-state index contributed by atoms with van der Waals surface area (Å²) < 4.78 is 5.47. The van der Waals surface area contributed by atoms with Crippen molar-refractivity contribution in [3.63, 3.8) is 0 Å². The normalized spacial score (nSPS) is 10.1. The minimum atomic E-state index is -0.159. The van der Waals surface area contributed by atoms with Gasteiger partial charge in [0.15, 0.2) is 6.61 Å². The molecule has 0 aliphatic rings. The summed E-state index contributed by atoms with van der Waals surface area (Å²) in [5.74, 6) is 0.473. The van der Waals surface area contributed by atoms with E-state index in [2.05, 4.69) is 5.32 Å². The Morgan fingerprint density at radius 1 is 1.20 bits per heavy atom. The highest BCUT2D eigenvalue weighted by molar-refractivity contribution is 6.30. The maximum absolute atomic E-state index is 11.7. The summed E-state index contributed by atoms with van der Waals surface area (Å²) in [6.45, 7) is 2.39. The van der Waals surface area contributed by atoms with Crippen LogP contribution in [0.2, 0.25) is 5.02 Å². The fourth-order valence-electron chi connectivity index (χ4n) is 1.72. The summed E-state index contributed by atoms with van der Waals surface area (Å²) in [5, 5.41) is 3.40. The van der Waals surface area contributed by atoms with E-state index in [4.69, 9.17) is 16.3 Å². The van der Waals surface area contributed by atoms with Crippen LogP contribution in [0.1, 0.15) is 11.1 Å². The second-order valence-electron chi connectivity index (χ2n) is 4.46. The number of halogens is 1. The van der Waals surface area contributed by atoms with E-state index in [1.165, 1.54) is 0 Å². The Bertz CT molecular complexity index is 584. The van der Waals surface area contributed by atoms with Crippen molar-refractivity contribution in [2.45, 2.75) is 13.5 Å². The average Bonchev–Trinajstić information content (AvgIpc) is 2.47. The van der Waals surface area contributed by atoms with Crippen molar-refractivity contribution in [3.8, 4) is 5.75 Å². The van der Waals surface area contributed by atoms with Crippen LogP contribution in [0.3, 0.4) is 0 Å². The molecular weight excluding hydrogens is 274 g/mol. The molecule has 1 amide bonds. The zero-order valence-corrected chi connectivity index (χ0v) is 12.0. The molecular formula is C16H16ClNO2. The quantitative estimate of drug-likeness (QED) is 0.917. The number of hydrogen-bond donors (Lipinski definition) is 1. The van der Waals surface area contributed by atoms with Crippen LogP contribution in [-0.4, -0.2) is 12.5 Å². The Labute approximate surface area is 123 Å². The molecule has 1 N–H and O–H groups in total. The molecule has 0 atom stereocenters. The van der Waals surface area contributed by atoms with Gasteiger partial charge in [-0.3, -0.25) is 4.79 Å². The standard InChI is InChI=1S/C16H16ClNO2/c1-12-7-8-14(17)9-15(12)20-11-16(19)18-10-13-5-3-2-4-6-13/h2-9H,10-11H2,1H3,(H,18,19). The van der Waals surface area contributed by atoms with Gasteiger partial charge in [-0.15, -0.1) is 0 Å². The number of hydrogen-bond acceptors (Lipinski definition) is 2. The van der Waals surface area contributed by atoms with Crippen LogP contribution in [0.4, 0.5) is 0 Å². The number of rotatable bonds is 5. The van der Waals surface area contributed by atoms with E-state index >= 15 is 0 Å². The Kier molecular flexibility index (Phi) is 5.02. The first-order valence-electron chi connectivity index (χ1n) is 6.35. The molecule has 2 aromatic rings. The predicted octanol–water partition coefficient (Wildman–Crippen LogP) is 3.34. The van der Waals surface area contributed by atoms with Crippen LogP contribution in [0.25, 0.3) is 0 Å². The van der Waals surface area contributed by atoms with Gasteiger partial charge >= 0.3 is 0 Å². The highest BCUT2D eigenvalue weighted by Crippen LogP contribution is 2.22. The number of benzene rings is 2. The Balaban J connectivity index is 1.82. The van der Waals surface area contributed by atoms with Crippen LogP contribution in [0.5, 0.6) is 5.75 Å². The molecule has 0 saturated heterocycles. The molecule has 0 spiro atoms. The molecule has 0 heterocycles. The van der Waals surface area contributed by atoms with Gasteiger partial charge in [-0.2, -0.15) is 0 Å². The van der Waals surface area contributed by atoms with Gasteiger partial charge in [0.05, 0.1) is 0 Å². The average molecular weight is 290 g/mol. The van der Waals surface area contributed by atoms with Crippen molar-refractivity contribution < 1.29 is 9.53 Å². The third-order valence-corrected chi connectivity index (χ3v) is 3.08. The molecule has 4 heteroatoms. The zero-order valence-electron chi connectivity index (χ0n) is 11.2. The second-order valence-corrected chi connectivity index (χ2v) is 4.90. The van der Waals surface area contributed by atoms with Crippen molar-refractivity contribution in [1.29, 1.82) is 0 Å². The summed E-state index contributed by atoms with van der Waals surface area (Å²) >= 11 is 5.89. The van der Waals surface area contributed by atoms with Gasteiger partial charge in [0.1, 0.15) is 5.75 Å². The molecule has 20 heavy (non-hydrogen) atoms. The van der Waals surface area contributed by atoms with E-state index in [0.29, 0.717) is 17.3 Å². The zero-order chi connectivity index (χ0) is 14.4. The molecule has 104 valence electrons. The van der Waals surface area contributed by atoms with E-state index in [1.54, 1.807) is 12.1 Å². The third kappa shape index (κ3) is 4.28. The van der Waals surface area contributed by atoms with Gasteiger partial charge in [-0.05, 0) is 30.2 Å². The lowest BCUT2D eigenvalue weighted by Crippen LogP contribution is -2.28. The summed E-state index contributed by atoms with van der Waals surface area (Å²) in [4.78, 5) is 11.7. The molecule has 0 fully saturated rings. The SMILES string of the molecule is Cc1ccc(Cl)cc1OCC(=O)NCc1ccccc1. The van der Waals surface area contributed by atoms with E-state index in [9.17, 15) is 4.79 Å². The minimum Gasteiger partial charge on any atom is -0.483 e. The molecule has 2 aromatic carbocycles. The second kappa shape index (κ2) is 6.96. The number of carbonyl (C=O) groups is 1. The fourth-order valence-corrected chi connectivity index (χ4v) is 1.88. The largest absolute Gasteiger partial charge is 0.483 e. The number of nitrogens with one attached hydrogen (secondary N) is 1. The van der Waals surface area contributed by atoms with Crippen LogP contribution < -0.4 is 10.1 Å². The highest BCUT2D eigenvalue weighted by Gasteiger charge is 2.05. The molecule has 0 saturated carbocycles. The summed E-state index contributed by atoms with van der Waals surface area (Å²) in [7, 11) is 0. The van der Waals surface area contributed by atoms with E-state index in [0.717, 1.165) is 11.1 Å². The molecule has 0 aliphatic heterocycles. The maximum atomic E-state index is 11.7. The van der Waals surface area contributed by atoms with Crippen molar-refractivity contribution in [2.75, 3.05) is 6.61 Å². The first-order valence-corrected chi connectivity index (χ1v) is 6.72. The van der Waals surface area contributed by atoms with Crippen molar-refractivity contribution >= 4 is 17.5 Å². The maximum Gasteiger partial charge on any atom is 0.258 e. The van der Waals surface area contributed by atoms with Crippen LogP contribution >= 0.6 is 11.6 Å². The smallest absolute Gasteiger partial charge is 0.258 e. The Morgan fingerprint density at radius 3 is 2.70 bits per heavy atom. The lowest BCUT2D eigenvalue weighted by Gasteiger charge is -2.10. The van der Waals surface area contributed by atoms with E-state index in [1.807, 2.05) is 43.3 Å². The molecule has 0 unspecified atom stereocenters. The molecule has 0 radical (unpaired) electrons. The van der Waals surface area contributed by atoms with Gasteiger partial charge in [-0.25, -0.2) is 0 Å². The number of amides is 1. The Hall–Kier alpha value is -2.00. The van der Waals surface area contributed by atoms with Crippen LogP contribution in [0, 0.1) is 6.92 Å². The Morgan fingerprint density at radius 2 is 1.95 bits per heavy atom. The third-order valence-electron chi connectivity index (χ3n) is 2.84. The van der Waals surface area contributed by atoms with Crippen LogP contribution in [-0.2, 0) is 11.3 Å². The minimum absolute atomic E-state index is 0.0198. The first kappa shape index (κ1) is 14.4. The lowest BCUT2D eigenvalue weighted by molar-refractivity contribution is -0.123.